The molecule has 1 aromatic carbocycles. The summed E-state index contributed by atoms with van der Waals surface area (Å²) in [6.45, 7) is 0.603. The van der Waals surface area contributed by atoms with Crippen LogP contribution in [0.4, 0.5) is 5.82 Å². The van der Waals surface area contributed by atoms with Crippen molar-refractivity contribution in [2.75, 3.05) is 19.5 Å². The molecule has 0 aliphatic rings. The van der Waals surface area contributed by atoms with Crippen molar-refractivity contribution >= 4 is 16.9 Å². The molecule has 3 heterocycles. The standard InChI is InChI=1S/C21H20N4O2/c1-26-18-7-6-14(11-19(18)27-2)17-12-20(25-21-16(17)8-10-23-21)24-13-15-5-3-4-9-22-15/h3-12H,13H2,1-2H3,(H2,23,24,25). The monoisotopic (exact) mass is 360 g/mol. The summed E-state index contributed by atoms with van der Waals surface area (Å²) in [6.07, 6.45) is 3.68. The van der Waals surface area contributed by atoms with E-state index in [1.165, 1.54) is 0 Å². The first-order valence-electron chi connectivity index (χ1n) is 8.63. The minimum absolute atomic E-state index is 0.603. The number of H-pyrrole nitrogens is 1. The Morgan fingerprint density at radius 3 is 2.67 bits per heavy atom. The van der Waals surface area contributed by atoms with Gasteiger partial charge in [-0.3, -0.25) is 4.98 Å². The highest BCUT2D eigenvalue weighted by atomic mass is 16.5. The minimum Gasteiger partial charge on any atom is -0.493 e. The van der Waals surface area contributed by atoms with Gasteiger partial charge >= 0.3 is 0 Å². The molecule has 0 amide bonds. The number of ether oxygens (including phenoxy) is 2. The van der Waals surface area contributed by atoms with Crippen LogP contribution in [-0.2, 0) is 6.54 Å². The van der Waals surface area contributed by atoms with Crippen LogP contribution in [0.5, 0.6) is 11.5 Å². The molecule has 0 fully saturated rings. The molecule has 4 aromatic rings. The SMILES string of the molecule is COc1ccc(-c2cc(NCc3ccccn3)nc3[nH]ccc23)cc1OC. The van der Waals surface area contributed by atoms with Crippen LogP contribution in [-0.4, -0.2) is 29.2 Å². The lowest BCUT2D eigenvalue weighted by Gasteiger charge is -2.12. The Balaban J connectivity index is 1.73. The quantitative estimate of drug-likeness (QED) is 0.538. The number of hydrogen-bond acceptors (Lipinski definition) is 5. The largest absolute Gasteiger partial charge is 0.493 e. The van der Waals surface area contributed by atoms with Crippen LogP contribution in [0, 0.1) is 0 Å². The predicted molar refractivity (Wildman–Crippen MR) is 106 cm³/mol. The summed E-state index contributed by atoms with van der Waals surface area (Å²) in [7, 11) is 3.27. The molecular formula is C21H20N4O2. The van der Waals surface area contributed by atoms with E-state index in [0.717, 1.165) is 33.7 Å². The van der Waals surface area contributed by atoms with Crippen LogP contribution in [0.2, 0.25) is 0 Å². The first kappa shape index (κ1) is 16.9. The molecule has 136 valence electrons. The number of benzene rings is 1. The van der Waals surface area contributed by atoms with Crippen LogP contribution in [0.25, 0.3) is 22.2 Å². The van der Waals surface area contributed by atoms with Gasteiger partial charge in [0.1, 0.15) is 11.5 Å². The zero-order valence-corrected chi connectivity index (χ0v) is 15.2. The van der Waals surface area contributed by atoms with E-state index in [-0.39, 0.29) is 0 Å². The van der Waals surface area contributed by atoms with Gasteiger partial charge in [0, 0.05) is 17.8 Å². The number of aromatic amines is 1. The average Bonchev–Trinajstić information content (AvgIpc) is 3.20. The van der Waals surface area contributed by atoms with Crippen molar-refractivity contribution in [3.8, 4) is 22.6 Å². The van der Waals surface area contributed by atoms with Gasteiger partial charge in [-0.15, -0.1) is 0 Å². The molecule has 0 aliphatic heterocycles. The van der Waals surface area contributed by atoms with Crippen LogP contribution >= 0.6 is 0 Å². The Hall–Kier alpha value is -3.54. The van der Waals surface area contributed by atoms with Crippen LogP contribution in [0.3, 0.4) is 0 Å². The molecule has 0 bridgehead atoms. The molecule has 0 radical (unpaired) electrons. The molecule has 27 heavy (non-hydrogen) atoms. The van der Waals surface area contributed by atoms with E-state index in [1.54, 1.807) is 20.4 Å². The van der Waals surface area contributed by atoms with Crippen molar-refractivity contribution in [2.45, 2.75) is 6.54 Å². The second-order valence-electron chi connectivity index (χ2n) is 6.04. The lowest BCUT2D eigenvalue weighted by molar-refractivity contribution is 0.355. The highest BCUT2D eigenvalue weighted by Crippen LogP contribution is 2.36. The summed E-state index contributed by atoms with van der Waals surface area (Å²) in [5.74, 6) is 2.17. The smallest absolute Gasteiger partial charge is 0.161 e. The molecule has 0 aliphatic carbocycles. The summed E-state index contributed by atoms with van der Waals surface area (Å²) < 4.78 is 10.8. The van der Waals surface area contributed by atoms with Crippen molar-refractivity contribution in [1.29, 1.82) is 0 Å². The number of rotatable bonds is 6. The topological polar surface area (TPSA) is 72.1 Å². The molecule has 4 rings (SSSR count). The van der Waals surface area contributed by atoms with E-state index in [0.29, 0.717) is 18.0 Å². The van der Waals surface area contributed by atoms with Crippen LogP contribution < -0.4 is 14.8 Å². The molecule has 2 N–H and O–H groups in total. The maximum Gasteiger partial charge on any atom is 0.161 e. The highest BCUT2D eigenvalue weighted by molar-refractivity contribution is 5.95. The summed E-state index contributed by atoms with van der Waals surface area (Å²) in [5, 5.41) is 4.40. The number of fused-ring (bicyclic) bond motifs is 1. The van der Waals surface area contributed by atoms with Gasteiger partial charge in [0.2, 0.25) is 0 Å². The zero-order chi connectivity index (χ0) is 18.6. The number of nitrogens with zero attached hydrogens (tertiary/aromatic N) is 2. The Bertz CT molecular complexity index is 1060. The fourth-order valence-corrected chi connectivity index (χ4v) is 3.05. The van der Waals surface area contributed by atoms with Gasteiger partial charge in [0.05, 0.1) is 26.5 Å². The van der Waals surface area contributed by atoms with Crippen molar-refractivity contribution in [2.24, 2.45) is 0 Å². The van der Waals surface area contributed by atoms with Gasteiger partial charge in [0.25, 0.3) is 0 Å². The predicted octanol–water partition coefficient (Wildman–Crippen LogP) is 4.25. The fourth-order valence-electron chi connectivity index (χ4n) is 3.05. The molecular weight excluding hydrogens is 340 g/mol. The van der Waals surface area contributed by atoms with Crippen molar-refractivity contribution in [3.63, 3.8) is 0 Å². The first-order valence-corrected chi connectivity index (χ1v) is 8.63. The molecule has 0 unspecified atom stereocenters. The number of methoxy groups -OCH3 is 2. The van der Waals surface area contributed by atoms with E-state index < -0.39 is 0 Å². The Morgan fingerprint density at radius 2 is 1.89 bits per heavy atom. The summed E-state index contributed by atoms with van der Waals surface area (Å²) >= 11 is 0. The van der Waals surface area contributed by atoms with Gasteiger partial charge in [-0.2, -0.15) is 0 Å². The third-order valence-corrected chi connectivity index (χ3v) is 4.40. The van der Waals surface area contributed by atoms with E-state index >= 15 is 0 Å². The zero-order valence-electron chi connectivity index (χ0n) is 15.2. The summed E-state index contributed by atoms with van der Waals surface area (Å²) in [6, 6.07) is 15.8. The average molecular weight is 360 g/mol. The van der Waals surface area contributed by atoms with Crippen LogP contribution in [0.1, 0.15) is 5.69 Å². The molecule has 0 saturated heterocycles. The van der Waals surface area contributed by atoms with Gasteiger partial charge in [0.15, 0.2) is 11.5 Å². The minimum atomic E-state index is 0.603. The number of nitrogens with one attached hydrogen (secondary N) is 2. The van der Waals surface area contributed by atoms with Gasteiger partial charge in [-0.05, 0) is 47.5 Å². The Morgan fingerprint density at radius 1 is 1.00 bits per heavy atom. The maximum atomic E-state index is 5.46. The van der Waals surface area contributed by atoms with Crippen molar-refractivity contribution in [1.82, 2.24) is 15.0 Å². The van der Waals surface area contributed by atoms with E-state index in [4.69, 9.17) is 9.47 Å². The lowest BCUT2D eigenvalue weighted by atomic mass is 10.0. The lowest BCUT2D eigenvalue weighted by Crippen LogP contribution is -2.03. The number of aromatic nitrogens is 3. The van der Waals surface area contributed by atoms with Crippen molar-refractivity contribution < 1.29 is 9.47 Å². The third-order valence-electron chi connectivity index (χ3n) is 4.40. The third kappa shape index (κ3) is 3.42. The Labute approximate surface area is 157 Å². The van der Waals surface area contributed by atoms with Crippen molar-refractivity contribution in [3.05, 3.63) is 66.6 Å². The Kier molecular flexibility index (Phi) is 4.61. The number of anilines is 1. The second kappa shape index (κ2) is 7.37. The first-order chi connectivity index (χ1) is 13.3. The van der Waals surface area contributed by atoms with E-state index in [9.17, 15) is 0 Å². The second-order valence-corrected chi connectivity index (χ2v) is 6.04. The van der Waals surface area contributed by atoms with Gasteiger partial charge in [-0.1, -0.05) is 12.1 Å². The van der Waals surface area contributed by atoms with Crippen LogP contribution in [0.15, 0.2) is 60.9 Å². The number of pyridine rings is 2. The molecule has 0 spiro atoms. The van der Waals surface area contributed by atoms with Gasteiger partial charge in [-0.25, -0.2) is 4.98 Å². The summed E-state index contributed by atoms with van der Waals surface area (Å²) in [4.78, 5) is 12.2. The highest BCUT2D eigenvalue weighted by Gasteiger charge is 2.12. The fraction of sp³-hybridized carbons (Fsp3) is 0.143. The van der Waals surface area contributed by atoms with Gasteiger partial charge < -0.3 is 19.8 Å². The molecule has 0 atom stereocenters. The maximum absolute atomic E-state index is 5.46. The van der Waals surface area contributed by atoms with E-state index in [1.807, 2.05) is 54.7 Å². The number of hydrogen-bond donors (Lipinski definition) is 2. The molecule has 6 heteroatoms. The molecule has 6 nitrogen and oxygen atoms in total. The molecule has 3 aromatic heterocycles. The molecule has 0 saturated carbocycles. The normalized spacial score (nSPS) is 10.7. The van der Waals surface area contributed by atoms with E-state index in [2.05, 4.69) is 20.3 Å². The summed E-state index contributed by atoms with van der Waals surface area (Å²) in [5.41, 5.74) is 3.87.